The second-order valence-corrected chi connectivity index (χ2v) is 7.26. The maximum absolute atomic E-state index is 12.4. The molecular formula is C15H15F5N4O7S. The molecule has 0 spiro atoms. The first-order valence-electron chi connectivity index (χ1n) is 7.95. The molecule has 1 aromatic heterocycles. The summed E-state index contributed by atoms with van der Waals surface area (Å²) in [5.74, 6) is -4.32. The van der Waals surface area contributed by atoms with Crippen molar-refractivity contribution in [2.45, 2.75) is 24.4 Å². The van der Waals surface area contributed by atoms with Crippen LogP contribution in [-0.2, 0) is 14.8 Å². The van der Waals surface area contributed by atoms with Crippen LogP contribution < -0.4 is 20.9 Å². The van der Waals surface area contributed by atoms with Gasteiger partial charge < -0.3 is 25.8 Å². The van der Waals surface area contributed by atoms with Gasteiger partial charge in [0.05, 0.1) is 5.69 Å². The summed E-state index contributed by atoms with van der Waals surface area (Å²) in [5, 5.41) is 10.5. The zero-order valence-electron chi connectivity index (χ0n) is 15.8. The summed E-state index contributed by atoms with van der Waals surface area (Å²) in [6.07, 6.45) is -7.89. The van der Waals surface area contributed by atoms with E-state index in [4.69, 9.17) is 30.6 Å². The highest BCUT2D eigenvalue weighted by molar-refractivity contribution is 7.93. The van der Waals surface area contributed by atoms with Crippen LogP contribution >= 0.6 is 0 Å². The average molecular weight is 490 g/mol. The van der Waals surface area contributed by atoms with Gasteiger partial charge in [0.25, 0.3) is 16.4 Å². The van der Waals surface area contributed by atoms with E-state index in [1.165, 1.54) is 13.0 Å². The molecule has 17 heteroatoms. The number of carbonyl (C=O) groups excluding carboxylic acids is 1. The van der Waals surface area contributed by atoms with Gasteiger partial charge in [-0.25, -0.2) is 22.0 Å². The Kier molecular flexibility index (Phi) is 8.35. The summed E-state index contributed by atoms with van der Waals surface area (Å²) >= 11 is 0. The first kappa shape index (κ1) is 26.4. The SMILES string of the molecule is Cc1onc(N)c1S(=O)(=O)Nc1ccc(C(N)=O)cc1OCC(F)F.O=C(O)C(F)(F)F. The third kappa shape index (κ3) is 7.25. The van der Waals surface area contributed by atoms with Crippen LogP contribution in [0.15, 0.2) is 27.6 Å². The largest absolute Gasteiger partial charge is 0.490 e. The number of carboxylic acids is 1. The number of benzene rings is 1. The molecule has 1 aromatic carbocycles. The Morgan fingerprint density at radius 3 is 2.28 bits per heavy atom. The van der Waals surface area contributed by atoms with Gasteiger partial charge in [-0.05, 0) is 25.1 Å². The van der Waals surface area contributed by atoms with Crippen LogP contribution in [0, 0.1) is 6.92 Å². The normalized spacial score (nSPS) is 11.5. The predicted octanol–water partition coefficient (Wildman–Crippen LogP) is 1.74. The molecule has 0 saturated carbocycles. The molecule has 0 fully saturated rings. The number of primary amides is 1. The van der Waals surface area contributed by atoms with Crippen molar-refractivity contribution < 1.29 is 54.3 Å². The molecule has 0 atom stereocenters. The average Bonchev–Trinajstić information content (AvgIpc) is 2.99. The summed E-state index contributed by atoms with van der Waals surface area (Å²) in [7, 11) is -4.24. The van der Waals surface area contributed by atoms with Gasteiger partial charge in [0.15, 0.2) is 16.5 Å². The number of nitrogens with two attached hydrogens (primary N) is 2. The van der Waals surface area contributed by atoms with Gasteiger partial charge in [-0.1, -0.05) is 5.16 Å². The van der Waals surface area contributed by atoms with E-state index in [1.807, 2.05) is 0 Å². The molecule has 1 amide bonds. The number of sulfonamides is 1. The Morgan fingerprint density at radius 1 is 1.31 bits per heavy atom. The van der Waals surface area contributed by atoms with Gasteiger partial charge in [0, 0.05) is 5.56 Å². The van der Waals surface area contributed by atoms with Gasteiger partial charge in [0.2, 0.25) is 5.91 Å². The fraction of sp³-hybridized carbons (Fsp3) is 0.267. The summed E-state index contributed by atoms with van der Waals surface area (Å²) in [5.41, 5.74) is 10.3. The van der Waals surface area contributed by atoms with Crippen LogP contribution in [-0.4, -0.2) is 49.8 Å². The van der Waals surface area contributed by atoms with Crippen molar-refractivity contribution in [1.82, 2.24) is 5.16 Å². The number of aromatic nitrogens is 1. The van der Waals surface area contributed by atoms with Crippen LogP contribution in [0.2, 0.25) is 0 Å². The number of nitrogen functional groups attached to an aromatic ring is 1. The fourth-order valence-corrected chi connectivity index (χ4v) is 3.22. The van der Waals surface area contributed by atoms with Crippen LogP contribution in [0.4, 0.5) is 33.5 Å². The Morgan fingerprint density at radius 2 is 1.88 bits per heavy atom. The molecule has 0 aliphatic carbocycles. The standard InChI is InChI=1S/C13H14F2N4O5S.C2HF3O2/c1-6-11(12(16)18-24-6)25(21,22)19-8-3-2-7(13(17)20)4-9(8)23-5-10(14)15;3-2(4,5)1(6)7/h2-4,10,19H,5H2,1H3,(H2,16,18)(H2,17,20);(H,6,7). The van der Waals surface area contributed by atoms with E-state index in [2.05, 4.69) is 9.88 Å². The van der Waals surface area contributed by atoms with Gasteiger partial charge in [-0.3, -0.25) is 9.52 Å². The highest BCUT2D eigenvalue weighted by Gasteiger charge is 2.38. The van der Waals surface area contributed by atoms with Crippen LogP contribution in [0.1, 0.15) is 16.1 Å². The second-order valence-electron chi connectivity index (χ2n) is 5.64. The fourth-order valence-electron chi connectivity index (χ4n) is 1.94. The van der Waals surface area contributed by atoms with Gasteiger partial charge in [-0.2, -0.15) is 13.2 Å². The van der Waals surface area contributed by atoms with E-state index in [-0.39, 0.29) is 28.6 Å². The second kappa shape index (κ2) is 10.1. The Bertz CT molecular complexity index is 1070. The molecule has 0 bridgehead atoms. The number of nitrogens with one attached hydrogen (secondary N) is 1. The summed E-state index contributed by atoms with van der Waals surface area (Å²) < 4.78 is 93.0. The van der Waals surface area contributed by atoms with Crippen molar-refractivity contribution >= 4 is 33.4 Å². The number of hydrogen-bond donors (Lipinski definition) is 4. The zero-order valence-corrected chi connectivity index (χ0v) is 16.6. The quantitative estimate of drug-likeness (QED) is 0.419. The van der Waals surface area contributed by atoms with E-state index in [0.717, 1.165) is 12.1 Å². The van der Waals surface area contributed by atoms with Gasteiger partial charge in [0.1, 0.15) is 12.4 Å². The topological polar surface area (TPSA) is 188 Å². The molecule has 0 aliphatic heterocycles. The molecular weight excluding hydrogens is 475 g/mol. The van der Waals surface area contributed by atoms with Crippen molar-refractivity contribution in [3.63, 3.8) is 0 Å². The molecule has 32 heavy (non-hydrogen) atoms. The molecule has 11 nitrogen and oxygen atoms in total. The van der Waals surface area contributed by atoms with Crippen molar-refractivity contribution in [3.8, 4) is 5.75 Å². The number of hydrogen-bond acceptors (Lipinski definition) is 8. The molecule has 0 radical (unpaired) electrons. The van der Waals surface area contributed by atoms with E-state index in [1.54, 1.807) is 0 Å². The smallest absolute Gasteiger partial charge is 0.485 e. The van der Waals surface area contributed by atoms with Crippen LogP contribution in [0.3, 0.4) is 0 Å². The van der Waals surface area contributed by atoms with Crippen molar-refractivity contribution in [2.24, 2.45) is 5.73 Å². The molecule has 0 saturated heterocycles. The molecule has 6 N–H and O–H groups in total. The van der Waals surface area contributed by atoms with E-state index >= 15 is 0 Å². The number of carboxylic acid groups (broad SMARTS) is 1. The highest BCUT2D eigenvalue weighted by atomic mass is 32.2. The highest BCUT2D eigenvalue weighted by Crippen LogP contribution is 2.31. The lowest BCUT2D eigenvalue weighted by Gasteiger charge is -2.14. The predicted molar refractivity (Wildman–Crippen MR) is 96.6 cm³/mol. The number of nitrogens with zero attached hydrogens (tertiary/aromatic N) is 1. The number of amides is 1. The van der Waals surface area contributed by atoms with Crippen molar-refractivity contribution in [1.29, 1.82) is 0 Å². The number of rotatable bonds is 7. The summed E-state index contributed by atoms with van der Waals surface area (Å²) in [6, 6.07) is 3.41. The molecule has 2 rings (SSSR count). The Balaban J connectivity index is 0.000000633. The first-order valence-corrected chi connectivity index (χ1v) is 9.44. The number of halogens is 5. The summed E-state index contributed by atoms with van der Waals surface area (Å²) in [4.78, 5) is 19.7. The maximum atomic E-state index is 12.4. The monoisotopic (exact) mass is 490 g/mol. The molecule has 2 aromatic rings. The molecule has 0 unspecified atom stereocenters. The molecule has 0 aliphatic rings. The minimum atomic E-state index is -5.08. The van der Waals surface area contributed by atoms with Crippen LogP contribution in [0.5, 0.6) is 5.75 Å². The van der Waals surface area contributed by atoms with E-state index in [0.29, 0.717) is 0 Å². The minimum Gasteiger partial charge on any atom is -0.485 e. The van der Waals surface area contributed by atoms with Crippen molar-refractivity contribution in [2.75, 3.05) is 17.1 Å². The van der Waals surface area contributed by atoms with Crippen molar-refractivity contribution in [3.05, 3.63) is 29.5 Å². The first-order chi connectivity index (χ1) is 14.6. The third-order valence-corrected chi connectivity index (χ3v) is 4.74. The van der Waals surface area contributed by atoms with Gasteiger partial charge in [-0.15, -0.1) is 0 Å². The van der Waals surface area contributed by atoms with Gasteiger partial charge >= 0.3 is 12.1 Å². The number of anilines is 2. The number of aryl methyl sites for hydroxylation is 1. The number of aliphatic carboxylic acids is 1. The van der Waals surface area contributed by atoms with Crippen LogP contribution in [0.25, 0.3) is 0 Å². The molecule has 1 heterocycles. The lowest BCUT2D eigenvalue weighted by atomic mass is 10.2. The zero-order chi connectivity index (χ0) is 24.9. The minimum absolute atomic E-state index is 0.0483. The number of carbonyl (C=O) groups is 2. The lowest BCUT2D eigenvalue weighted by Crippen LogP contribution is -2.21. The van der Waals surface area contributed by atoms with E-state index < -0.39 is 46.0 Å². The lowest BCUT2D eigenvalue weighted by molar-refractivity contribution is -0.192. The Labute approximate surface area is 176 Å². The van der Waals surface area contributed by atoms with E-state index in [9.17, 15) is 35.2 Å². The molecule has 178 valence electrons. The Hall–Kier alpha value is -3.63. The summed E-state index contributed by atoms with van der Waals surface area (Å²) in [6.45, 7) is 0.327. The number of ether oxygens (including phenoxy) is 1. The number of alkyl halides is 5. The maximum Gasteiger partial charge on any atom is 0.490 e. The third-order valence-electron chi connectivity index (χ3n) is 3.22.